The number of hydrogen-bond acceptors (Lipinski definition) is 5. The molecule has 0 radical (unpaired) electrons. The highest BCUT2D eigenvalue weighted by atomic mass is 35.5. The second-order valence-electron chi connectivity index (χ2n) is 7.47. The first kappa shape index (κ1) is 24.8. The second-order valence-corrected chi connectivity index (χ2v) is 7.47. The lowest BCUT2D eigenvalue weighted by Crippen LogP contribution is -2.34. The van der Waals surface area contributed by atoms with Crippen LogP contribution < -0.4 is 20.5 Å². The molecular formula is C22H28Cl2N4O3. The quantitative estimate of drug-likeness (QED) is 0.567. The van der Waals surface area contributed by atoms with Gasteiger partial charge in [-0.05, 0) is 43.5 Å². The van der Waals surface area contributed by atoms with Crippen LogP contribution in [0, 0.1) is 5.92 Å². The normalized spacial score (nSPS) is 17.9. The van der Waals surface area contributed by atoms with Crippen LogP contribution in [0.3, 0.4) is 0 Å². The molecular weight excluding hydrogens is 439 g/mol. The predicted molar refractivity (Wildman–Crippen MR) is 126 cm³/mol. The fourth-order valence-electron chi connectivity index (χ4n) is 3.79. The Morgan fingerprint density at radius 2 is 2.06 bits per heavy atom. The van der Waals surface area contributed by atoms with Crippen molar-refractivity contribution in [2.75, 3.05) is 12.4 Å². The van der Waals surface area contributed by atoms with E-state index in [1.165, 1.54) is 0 Å². The number of nitrogens with zero attached hydrogens (tertiary/aromatic N) is 2. The molecule has 9 heteroatoms. The number of benzene rings is 1. The fourth-order valence-corrected chi connectivity index (χ4v) is 3.79. The number of anilines is 1. The van der Waals surface area contributed by atoms with E-state index >= 15 is 0 Å². The molecule has 4 rings (SSSR count). The molecule has 0 saturated heterocycles. The van der Waals surface area contributed by atoms with Gasteiger partial charge in [0, 0.05) is 36.1 Å². The summed E-state index contributed by atoms with van der Waals surface area (Å²) in [6.45, 7) is 0.299. The maximum Gasteiger partial charge on any atom is 0.227 e. The van der Waals surface area contributed by atoms with E-state index in [-0.39, 0.29) is 42.7 Å². The van der Waals surface area contributed by atoms with Crippen molar-refractivity contribution in [1.29, 1.82) is 0 Å². The summed E-state index contributed by atoms with van der Waals surface area (Å²) in [5.41, 5.74) is 8.37. The molecule has 1 saturated carbocycles. The first-order valence-electron chi connectivity index (χ1n) is 9.92. The van der Waals surface area contributed by atoms with Gasteiger partial charge in [-0.15, -0.1) is 24.8 Å². The summed E-state index contributed by atoms with van der Waals surface area (Å²) in [4.78, 5) is 17.1. The van der Waals surface area contributed by atoms with Gasteiger partial charge in [0.25, 0.3) is 0 Å². The molecule has 31 heavy (non-hydrogen) atoms. The summed E-state index contributed by atoms with van der Waals surface area (Å²) in [6, 6.07) is 11.3. The number of methoxy groups -OCH3 is 1. The molecule has 0 bridgehead atoms. The van der Waals surface area contributed by atoms with Crippen LogP contribution >= 0.6 is 24.8 Å². The fraction of sp³-hybridized carbons (Fsp3) is 0.364. The number of nitrogens with two attached hydrogens (primary N) is 1. The van der Waals surface area contributed by atoms with Gasteiger partial charge in [-0.2, -0.15) is 0 Å². The highest BCUT2D eigenvalue weighted by molar-refractivity contribution is 5.93. The molecule has 2 heterocycles. The third kappa shape index (κ3) is 6.03. The van der Waals surface area contributed by atoms with Crippen LogP contribution in [0.15, 0.2) is 48.8 Å². The van der Waals surface area contributed by atoms with Crippen molar-refractivity contribution in [2.45, 2.75) is 38.3 Å². The number of rotatable bonds is 6. The zero-order valence-electron chi connectivity index (χ0n) is 17.3. The van der Waals surface area contributed by atoms with Gasteiger partial charge in [0.1, 0.15) is 12.3 Å². The maximum atomic E-state index is 12.6. The first-order valence-corrected chi connectivity index (χ1v) is 9.92. The van der Waals surface area contributed by atoms with E-state index < -0.39 is 0 Å². The summed E-state index contributed by atoms with van der Waals surface area (Å²) < 4.78 is 13.3. The van der Waals surface area contributed by atoms with Crippen LogP contribution in [-0.4, -0.2) is 28.4 Å². The van der Waals surface area contributed by atoms with Crippen molar-refractivity contribution in [3.05, 3.63) is 54.5 Å². The summed E-state index contributed by atoms with van der Waals surface area (Å²) >= 11 is 0. The summed E-state index contributed by atoms with van der Waals surface area (Å²) in [6.07, 6.45) is 7.48. The van der Waals surface area contributed by atoms with Crippen LogP contribution in [-0.2, 0) is 11.4 Å². The molecule has 7 nitrogen and oxygen atoms in total. The Morgan fingerprint density at radius 3 is 2.81 bits per heavy atom. The van der Waals surface area contributed by atoms with E-state index in [4.69, 9.17) is 15.2 Å². The van der Waals surface area contributed by atoms with Crippen LogP contribution in [0.1, 0.15) is 31.4 Å². The molecule has 1 amide bonds. The Hall–Kier alpha value is -2.48. The van der Waals surface area contributed by atoms with Crippen LogP contribution in [0.25, 0.3) is 5.65 Å². The lowest BCUT2D eigenvalue weighted by molar-refractivity contribution is -0.120. The number of pyridine rings is 1. The average Bonchev–Trinajstić information content (AvgIpc) is 3.15. The molecule has 1 aliphatic rings. The molecule has 168 valence electrons. The second kappa shape index (κ2) is 11.2. The van der Waals surface area contributed by atoms with Crippen molar-refractivity contribution in [3.8, 4) is 11.5 Å². The zero-order valence-corrected chi connectivity index (χ0v) is 19.0. The smallest absolute Gasteiger partial charge is 0.227 e. The Balaban J connectivity index is 0.00000171. The van der Waals surface area contributed by atoms with E-state index in [9.17, 15) is 4.79 Å². The number of ether oxygens (including phenoxy) is 2. The third-order valence-corrected chi connectivity index (χ3v) is 5.31. The third-order valence-electron chi connectivity index (χ3n) is 5.31. The van der Waals surface area contributed by atoms with Gasteiger partial charge in [-0.25, -0.2) is 4.98 Å². The maximum absolute atomic E-state index is 12.6. The van der Waals surface area contributed by atoms with E-state index in [0.717, 1.165) is 37.0 Å². The van der Waals surface area contributed by atoms with Crippen molar-refractivity contribution in [1.82, 2.24) is 9.38 Å². The van der Waals surface area contributed by atoms with Crippen molar-refractivity contribution in [2.24, 2.45) is 11.7 Å². The van der Waals surface area contributed by atoms with Gasteiger partial charge in [-0.3, -0.25) is 4.79 Å². The first-order chi connectivity index (χ1) is 14.1. The molecule has 0 spiro atoms. The minimum absolute atomic E-state index is 0. The molecule has 2 unspecified atom stereocenters. The minimum atomic E-state index is -0.0387. The van der Waals surface area contributed by atoms with Gasteiger partial charge in [0.2, 0.25) is 5.91 Å². The topological polar surface area (TPSA) is 90.9 Å². The summed E-state index contributed by atoms with van der Waals surface area (Å²) in [5, 5.41) is 2.99. The summed E-state index contributed by atoms with van der Waals surface area (Å²) in [7, 11) is 1.59. The SMILES string of the molecule is COc1ccc(NC(=O)C2CCCC(N)C2)cc1OCc1cn2ccccc2n1.Cl.Cl. The van der Waals surface area contributed by atoms with E-state index in [1.54, 1.807) is 19.2 Å². The van der Waals surface area contributed by atoms with Gasteiger partial charge >= 0.3 is 0 Å². The molecule has 1 aromatic carbocycles. The Kier molecular flexibility index (Phi) is 8.98. The Morgan fingerprint density at radius 1 is 1.23 bits per heavy atom. The summed E-state index contributed by atoms with van der Waals surface area (Å²) in [5.74, 6) is 1.13. The number of nitrogens with one attached hydrogen (secondary N) is 1. The molecule has 2 aromatic heterocycles. The average molecular weight is 467 g/mol. The van der Waals surface area contributed by atoms with Crippen molar-refractivity contribution >= 4 is 42.1 Å². The largest absolute Gasteiger partial charge is 0.493 e. The van der Waals surface area contributed by atoms with E-state index in [1.807, 2.05) is 41.1 Å². The number of halogens is 2. The number of carbonyl (C=O) groups excluding carboxylic acids is 1. The van der Waals surface area contributed by atoms with Crippen molar-refractivity contribution in [3.63, 3.8) is 0 Å². The number of aromatic nitrogens is 2. The predicted octanol–water partition coefficient (Wildman–Crippen LogP) is 4.22. The molecule has 3 aromatic rings. The highest BCUT2D eigenvalue weighted by Gasteiger charge is 2.25. The lowest BCUT2D eigenvalue weighted by atomic mass is 9.85. The molecule has 0 aliphatic heterocycles. The minimum Gasteiger partial charge on any atom is -0.493 e. The van der Waals surface area contributed by atoms with Gasteiger partial charge < -0.3 is 24.9 Å². The van der Waals surface area contributed by atoms with Gasteiger partial charge in [0.15, 0.2) is 11.5 Å². The molecule has 2 atom stereocenters. The molecule has 3 N–H and O–H groups in total. The van der Waals surface area contributed by atoms with Crippen LogP contribution in [0.2, 0.25) is 0 Å². The standard InChI is InChI=1S/C22H26N4O3.2ClH/c1-28-19-9-8-17(25-22(27)15-5-4-6-16(23)11-15)12-20(19)29-14-18-13-26-10-3-2-7-21(26)24-18;;/h2-3,7-10,12-13,15-16H,4-6,11,14,23H2,1H3,(H,25,27);2*1H. The number of fused-ring (bicyclic) bond motifs is 1. The highest BCUT2D eigenvalue weighted by Crippen LogP contribution is 2.32. The Labute approximate surface area is 194 Å². The number of amides is 1. The van der Waals surface area contributed by atoms with Crippen LogP contribution in [0.5, 0.6) is 11.5 Å². The van der Waals surface area contributed by atoms with Crippen LogP contribution in [0.4, 0.5) is 5.69 Å². The number of imidazole rings is 1. The van der Waals surface area contributed by atoms with E-state index in [0.29, 0.717) is 23.8 Å². The van der Waals surface area contributed by atoms with Crippen molar-refractivity contribution < 1.29 is 14.3 Å². The van der Waals surface area contributed by atoms with Gasteiger partial charge in [-0.1, -0.05) is 12.5 Å². The molecule has 1 fully saturated rings. The Bertz CT molecular complexity index is 978. The monoisotopic (exact) mass is 466 g/mol. The van der Waals surface area contributed by atoms with E-state index in [2.05, 4.69) is 10.3 Å². The zero-order chi connectivity index (χ0) is 20.2. The number of hydrogen-bond donors (Lipinski definition) is 2. The number of carbonyl (C=O) groups is 1. The lowest BCUT2D eigenvalue weighted by Gasteiger charge is -2.25. The molecule has 1 aliphatic carbocycles. The van der Waals surface area contributed by atoms with Gasteiger partial charge in [0.05, 0.1) is 12.8 Å².